The molecule has 0 aliphatic heterocycles. The first-order chi connectivity index (χ1) is 7.50. The lowest BCUT2D eigenvalue weighted by atomic mass is 10.2. The molecule has 0 aliphatic rings. The minimum Gasteiger partial charge on any atom is -0.507 e. The Kier molecular flexibility index (Phi) is 3.38. The van der Waals surface area contributed by atoms with Crippen molar-refractivity contribution in [3.05, 3.63) is 33.9 Å². The van der Waals surface area contributed by atoms with Gasteiger partial charge in [-0.15, -0.1) is 5.10 Å². The molecule has 0 saturated heterocycles. The Morgan fingerprint density at radius 1 is 1.50 bits per heavy atom. The summed E-state index contributed by atoms with van der Waals surface area (Å²) in [6.45, 7) is 0. The standard InChI is InChI=1S/C8H9N5O3/c9-8(10)12-11-4-5-3-6(13(15)16)1-2-7(5)14/h1-4,14H,(H4,9,10,12). The summed E-state index contributed by atoms with van der Waals surface area (Å²) >= 11 is 0. The molecule has 0 unspecified atom stereocenters. The fourth-order valence-electron chi connectivity index (χ4n) is 0.917. The van der Waals surface area contributed by atoms with Crippen molar-refractivity contribution in [1.29, 1.82) is 0 Å². The summed E-state index contributed by atoms with van der Waals surface area (Å²) in [4.78, 5) is 9.87. The van der Waals surface area contributed by atoms with Gasteiger partial charge >= 0.3 is 0 Å². The molecule has 1 rings (SSSR count). The molecule has 16 heavy (non-hydrogen) atoms. The molecule has 0 spiro atoms. The minimum atomic E-state index is -0.586. The molecule has 84 valence electrons. The molecule has 0 saturated carbocycles. The van der Waals surface area contributed by atoms with E-state index in [9.17, 15) is 15.2 Å². The van der Waals surface area contributed by atoms with E-state index in [1.807, 2.05) is 0 Å². The van der Waals surface area contributed by atoms with Gasteiger partial charge in [-0.2, -0.15) is 5.10 Å². The Hall–Kier alpha value is -2.64. The van der Waals surface area contributed by atoms with E-state index >= 15 is 0 Å². The summed E-state index contributed by atoms with van der Waals surface area (Å²) in [7, 11) is 0. The quantitative estimate of drug-likeness (QED) is 0.284. The molecule has 0 amide bonds. The summed E-state index contributed by atoms with van der Waals surface area (Å²) in [5.74, 6) is -0.402. The number of nitrogens with zero attached hydrogens (tertiary/aromatic N) is 3. The van der Waals surface area contributed by atoms with E-state index in [1.54, 1.807) is 0 Å². The normalized spacial score (nSPS) is 10.2. The molecule has 0 bridgehead atoms. The number of nitrogens with two attached hydrogens (primary N) is 2. The maximum Gasteiger partial charge on any atom is 0.270 e. The summed E-state index contributed by atoms with van der Waals surface area (Å²) < 4.78 is 0. The van der Waals surface area contributed by atoms with E-state index in [1.165, 1.54) is 12.1 Å². The van der Waals surface area contributed by atoms with Crippen molar-refractivity contribution in [1.82, 2.24) is 0 Å². The minimum absolute atomic E-state index is 0.152. The Labute approximate surface area is 90.0 Å². The van der Waals surface area contributed by atoms with E-state index in [-0.39, 0.29) is 23.0 Å². The predicted molar refractivity (Wildman–Crippen MR) is 58.2 cm³/mol. The summed E-state index contributed by atoms with van der Waals surface area (Å²) in [5.41, 5.74) is 10.0. The molecule has 1 aromatic rings. The zero-order chi connectivity index (χ0) is 12.1. The Morgan fingerprint density at radius 3 is 2.75 bits per heavy atom. The highest BCUT2D eigenvalue weighted by Crippen LogP contribution is 2.21. The Balaban J connectivity index is 3.03. The molecule has 0 atom stereocenters. The first-order valence-electron chi connectivity index (χ1n) is 4.10. The van der Waals surface area contributed by atoms with Crippen LogP contribution in [0.4, 0.5) is 5.69 Å². The first-order valence-corrected chi connectivity index (χ1v) is 4.10. The van der Waals surface area contributed by atoms with Crippen molar-refractivity contribution >= 4 is 17.9 Å². The number of phenolic OH excluding ortho intramolecular Hbond substituents is 1. The number of rotatable bonds is 3. The van der Waals surface area contributed by atoms with Crippen LogP contribution in [0.15, 0.2) is 28.4 Å². The maximum absolute atomic E-state index is 10.5. The third-order valence-electron chi connectivity index (χ3n) is 1.59. The number of aromatic hydroxyl groups is 1. The van der Waals surface area contributed by atoms with E-state index < -0.39 is 4.92 Å². The van der Waals surface area contributed by atoms with Gasteiger partial charge in [-0.05, 0) is 6.07 Å². The first kappa shape index (κ1) is 11.4. The third kappa shape index (κ3) is 2.94. The van der Waals surface area contributed by atoms with Crippen LogP contribution in [0.2, 0.25) is 0 Å². The zero-order valence-corrected chi connectivity index (χ0v) is 8.07. The van der Waals surface area contributed by atoms with Crippen molar-refractivity contribution in [2.24, 2.45) is 21.7 Å². The SMILES string of the molecule is NC(N)=NN=Cc1cc([N+](=O)[O-])ccc1O. The van der Waals surface area contributed by atoms with Gasteiger partial charge in [0, 0.05) is 17.7 Å². The molecule has 0 aliphatic carbocycles. The van der Waals surface area contributed by atoms with E-state index in [2.05, 4.69) is 10.2 Å². The van der Waals surface area contributed by atoms with Gasteiger partial charge in [-0.1, -0.05) is 0 Å². The monoisotopic (exact) mass is 223 g/mol. The van der Waals surface area contributed by atoms with Crippen molar-refractivity contribution < 1.29 is 10.0 Å². The van der Waals surface area contributed by atoms with Gasteiger partial charge in [0.05, 0.1) is 11.1 Å². The maximum atomic E-state index is 10.5. The summed E-state index contributed by atoms with van der Waals surface area (Å²) in [6, 6.07) is 3.52. The predicted octanol–water partition coefficient (Wildman–Crippen LogP) is -0.0923. The van der Waals surface area contributed by atoms with Gasteiger partial charge in [0.25, 0.3) is 5.69 Å². The number of phenols is 1. The molecule has 0 aromatic heterocycles. The number of benzene rings is 1. The Bertz CT molecular complexity index is 465. The van der Waals surface area contributed by atoms with Crippen LogP contribution in [-0.4, -0.2) is 22.2 Å². The van der Waals surface area contributed by atoms with Crippen LogP contribution in [-0.2, 0) is 0 Å². The summed E-state index contributed by atoms with van der Waals surface area (Å²) in [5, 5.41) is 26.5. The average Bonchev–Trinajstić information content (AvgIpc) is 2.20. The van der Waals surface area contributed by atoms with E-state index in [0.717, 1.165) is 12.3 Å². The number of nitro groups is 1. The van der Waals surface area contributed by atoms with Crippen LogP contribution >= 0.6 is 0 Å². The number of non-ortho nitro benzene ring substituents is 1. The molecule has 1 aromatic carbocycles. The smallest absolute Gasteiger partial charge is 0.270 e. The molecule has 0 radical (unpaired) electrons. The van der Waals surface area contributed by atoms with Crippen LogP contribution in [0.25, 0.3) is 0 Å². The van der Waals surface area contributed by atoms with Gasteiger partial charge in [0.2, 0.25) is 5.96 Å². The van der Waals surface area contributed by atoms with Gasteiger partial charge in [-0.25, -0.2) is 0 Å². The second-order valence-corrected chi connectivity index (χ2v) is 2.77. The molecular formula is C8H9N5O3. The molecular weight excluding hydrogens is 214 g/mol. The average molecular weight is 223 g/mol. The fourth-order valence-corrected chi connectivity index (χ4v) is 0.917. The number of guanidine groups is 1. The molecule has 5 N–H and O–H groups in total. The van der Waals surface area contributed by atoms with Crippen molar-refractivity contribution in [2.75, 3.05) is 0 Å². The van der Waals surface area contributed by atoms with Crippen LogP contribution in [0, 0.1) is 10.1 Å². The highest BCUT2D eigenvalue weighted by molar-refractivity contribution is 5.85. The van der Waals surface area contributed by atoms with Gasteiger partial charge in [-0.3, -0.25) is 10.1 Å². The molecule has 8 nitrogen and oxygen atoms in total. The fraction of sp³-hybridized carbons (Fsp3) is 0. The third-order valence-corrected chi connectivity index (χ3v) is 1.59. The molecule has 0 fully saturated rings. The molecule has 0 heterocycles. The highest BCUT2D eigenvalue weighted by Gasteiger charge is 2.08. The summed E-state index contributed by atoms with van der Waals surface area (Å²) in [6.07, 6.45) is 1.11. The Morgan fingerprint density at radius 2 is 2.19 bits per heavy atom. The lowest BCUT2D eigenvalue weighted by molar-refractivity contribution is -0.384. The van der Waals surface area contributed by atoms with Crippen LogP contribution in [0.3, 0.4) is 0 Å². The second-order valence-electron chi connectivity index (χ2n) is 2.77. The lowest BCUT2D eigenvalue weighted by Crippen LogP contribution is -2.21. The van der Waals surface area contributed by atoms with Crippen molar-refractivity contribution in [3.8, 4) is 5.75 Å². The van der Waals surface area contributed by atoms with Crippen molar-refractivity contribution in [2.45, 2.75) is 0 Å². The van der Waals surface area contributed by atoms with Gasteiger partial charge in [0.1, 0.15) is 5.75 Å². The topological polar surface area (TPSA) is 140 Å². The number of hydrogen-bond acceptors (Lipinski definition) is 5. The highest BCUT2D eigenvalue weighted by atomic mass is 16.6. The number of hydrogen-bond donors (Lipinski definition) is 3. The zero-order valence-electron chi connectivity index (χ0n) is 8.07. The molecule has 8 heteroatoms. The van der Waals surface area contributed by atoms with Crippen LogP contribution in [0.5, 0.6) is 5.75 Å². The van der Waals surface area contributed by atoms with E-state index in [0.29, 0.717) is 0 Å². The van der Waals surface area contributed by atoms with E-state index in [4.69, 9.17) is 11.5 Å². The number of nitro benzene ring substituents is 1. The van der Waals surface area contributed by atoms with Crippen LogP contribution < -0.4 is 11.5 Å². The van der Waals surface area contributed by atoms with Gasteiger partial charge in [0.15, 0.2) is 0 Å². The van der Waals surface area contributed by atoms with Crippen molar-refractivity contribution in [3.63, 3.8) is 0 Å². The van der Waals surface area contributed by atoms with Crippen LogP contribution in [0.1, 0.15) is 5.56 Å². The lowest BCUT2D eigenvalue weighted by Gasteiger charge is -1.97. The van der Waals surface area contributed by atoms with Gasteiger partial charge < -0.3 is 16.6 Å². The second kappa shape index (κ2) is 4.73. The largest absolute Gasteiger partial charge is 0.507 e.